The molecule has 2 aromatic carbocycles. The standard InChI is InChI=1S/C27H33N5O/c1-17(2)32-12-4-5-23(32)16-29-27-28-15-21-13-19(8-11-25(21)31-27)24-14-20(7-6-18(24)3)26(33)30-22-9-10-22/h6-8,11,13-15,17,22-23H,4-5,9-10,12,16H2,1-3H3,(H,30,33)(H,28,29,31)/t23-/m1/s1. The Morgan fingerprint density at radius 1 is 1.15 bits per heavy atom. The minimum Gasteiger partial charge on any atom is -0.353 e. The lowest BCUT2D eigenvalue weighted by Gasteiger charge is -2.28. The Labute approximate surface area is 195 Å². The minimum atomic E-state index is 0.0110. The van der Waals surface area contributed by atoms with Crippen molar-refractivity contribution in [3.8, 4) is 11.1 Å². The molecule has 6 heteroatoms. The van der Waals surface area contributed by atoms with Crippen molar-refractivity contribution in [2.75, 3.05) is 18.4 Å². The first kappa shape index (κ1) is 21.8. The molecular formula is C27H33N5O. The van der Waals surface area contributed by atoms with Crippen molar-refractivity contribution in [1.82, 2.24) is 20.2 Å². The van der Waals surface area contributed by atoms with Gasteiger partial charge in [0, 0.05) is 41.8 Å². The molecule has 0 radical (unpaired) electrons. The van der Waals surface area contributed by atoms with E-state index in [-0.39, 0.29) is 5.91 Å². The average Bonchev–Trinajstić information content (AvgIpc) is 3.49. The number of hydrogen-bond acceptors (Lipinski definition) is 5. The summed E-state index contributed by atoms with van der Waals surface area (Å²) in [7, 11) is 0. The number of anilines is 1. The van der Waals surface area contributed by atoms with E-state index in [0.29, 0.717) is 29.6 Å². The maximum Gasteiger partial charge on any atom is 0.251 e. The molecule has 2 aliphatic rings. The molecule has 3 aromatic rings. The Morgan fingerprint density at radius 3 is 2.79 bits per heavy atom. The molecule has 6 nitrogen and oxygen atoms in total. The molecule has 2 N–H and O–H groups in total. The van der Waals surface area contributed by atoms with Gasteiger partial charge in [0.2, 0.25) is 5.95 Å². The van der Waals surface area contributed by atoms with Gasteiger partial charge < -0.3 is 10.6 Å². The van der Waals surface area contributed by atoms with Gasteiger partial charge in [0.25, 0.3) is 5.91 Å². The molecule has 172 valence electrons. The quantitative estimate of drug-likeness (QED) is 0.550. The summed E-state index contributed by atoms with van der Waals surface area (Å²) in [5, 5.41) is 7.52. The molecule has 1 saturated heterocycles. The summed E-state index contributed by atoms with van der Waals surface area (Å²) < 4.78 is 0. The molecule has 1 saturated carbocycles. The van der Waals surface area contributed by atoms with Crippen molar-refractivity contribution >= 4 is 22.8 Å². The van der Waals surface area contributed by atoms with Crippen LogP contribution < -0.4 is 10.6 Å². The molecule has 1 amide bonds. The number of fused-ring (bicyclic) bond motifs is 1. The number of likely N-dealkylation sites (tertiary alicyclic amines) is 1. The summed E-state index contributed by atoms with van der Waals surface area (Å²) in [5.74, 6) is 0.692. The number of aromatic nitrogens is 2. The number of carbonyl (C=O) groups is 1. The van der Waals surface area contributed by atoms with E-state index in [0.717, 1.165) is 47.0 Å². The molecular weight excluding hydrogens is 410 g/mol. The maximum absolute atomic E-state index is 12.5. The Bertz CT molecular complexity index is 1170. The van der Waals surface area contributed by atoms with E-state index in [2.05, 4.69) is 53.4 Å². The second-order valence-corrected chi connectivity index (χ2v) is 9.75. The van der Waals surface area contributed by atoms with Gasteiger partial charge >= 0.3 is 0 Å². The first-order valence-corrected chi connectivity index (χ1v) is 12.2. The number of benzene rings is 2. The predicted molar refractivity (Wildman–Crippen MR) is 134 cm³/mol. The smallest absolute Gasteiger partial charge is 0.251 e. The molecule has 2 heterocycles. The molecule has 1 aromatic heterocycles. The second kappa shape index (κ2) is 9.10. The number of rotatable bonds is 7. The van der Waals surface area contributed by atoms with E-state index < -0.39 is 0 Å². The van der Waals surface area contributed by atoms with Crippen LogP contribution >= 0.6 is 0 Å². The Morgan fingerprint density at radius 2 is 2.00 bits per heavy atom. The van der Waals surface area contributed by atoms with E-state index in [1.807, 2.05) is 30.5 Å². The second-order valence-electron chi connectivity index (χ2n) is 9.75. The normalized spacial score (nSPS) is 18.7. The maximum atomic E-state index is 12.5. The number of aryl methyl sites for hydroxylation is 1. The van der Waals surface area contributed by atoms with Crippen molar-refractivity contribution < 1.29 is 4.79 Å². The molecule has 0 bridgehead atoms. The largest absolute Gasteiger partial charge is 0.353 e. The van der Waals surface area contributed by atoms with Gasteiger partial charge in [-0.1, -0.05) is 12.1 Å². The average molecular weight is 444 g/mol. The number of carbonyl (C=O) groups excluding carboxylic acids is 1. The van der Waals surface area contributed by atoms with Gasteiger partial charge in [0.1, 0.15) is 0 Å². The van der Waals surface area contributed by atoms with Crippen molar-refractivity contribution in [3.05, 3.63) is 53.7 Å². The summed E-state index contributed by atoms with van der Waals surface area (Å²) in [5.41, 5.74) is 4.91. The van der Waals surface area contributed by atoms with Gasteiger partial charge in [0.05, 0.1) is 5.52 Å². The fourth-order valence-electron chi connectivity index (χ4n) is 4.82. The summed E-state index contributed by atoms with van der Waals surface area (Å²) in [6, 6.07) is 13.6. The Kier molecular flexibility index (Phi) is 6.02. The summed E-state index contributed by atoms with van der Waals surface area (Å²) >= 11 is 0. The van der Waals surface area contributed by atoms with Crippen LogP contribution in [0.1, 0.15) is 55.5 Å². The van der Waals surface area contributed by atoms with Crippen LogP contribution in [0.3, 0.4) is 0 Å². The predicted octanol–water partition coefficient (Wildman–Crippen LogP) is 4.78. The highest BCUT2D eigenvalue weighted by molar-refractivity contribution is 5.96. The SMILES string of the molecule is Cc1ccc(C(=O)NC2CC2)cc1-c1ccc2nc(NC[C@H]3CCCN3C(C)C)ncc2c1. The first-order chi connectivity index (χ1) is 16.0. The van der Waals surface area contributed by atoms with Crippen molar-refractivity contribution in [1.29, 1.82) is 0 Å². The fourth-order valence-corrected chi connectivity index (χ4v) is 4.82. The van der Waals surface area contributed by atoms with Crippen LogP contribution in [-0.2, 0) is 0 Å². The topological polar surface area (TPSA) is 70.2 Å². The van der Waals surface area contributed by atoms with E-state index in [4.69, 9.17) is 4.98 Å². The monoisotopic (exact) mass is 443 g/mol. The molecule has 0 unspecified atom stereocenters. The highest BCUT2D eigenvalue weighted by Crippen LogP contribution is 2.28. The molecule has 0 spiro atoms. The molecule has 1 aliphatic carbocycles. The van der Waals surface area contributed by atoms with Crippen LogP contribution in [0.5, 0.6) is 0 Å². The van der Waals surface area contributed by atoms with Crippen molar-refractivity contribution in [2.24, 2.45) is 0 Å². The summed E-state index contributed by atoms with van der Waals surface area (Å²) in [4.78, 5) is 24.4. The zero-order valence-electron chi connectivity index (χ0n) is 19.8. The molecule has 2 fully saturated rings. The minimum absolute atomic E-state index is 0.0110. The highest BCUT2D eigenvalue weighted by atomic mass is 16.1. The lowest BCUT2D eigenvalue weighted by molar-refractivity contribution is 0.0951. The van der Waals surface area contributed by atoms with Gasteiger partial charge in [-0.15, -0.1) is 0 Å². The third-order valence-corrected chi connectivity index (χ3v) is 6.88. The van der Waals surface area contributed by atoms with Crippen LogP contribution in [0.4, 0.5) is 5.95 Å². The summed E-state index contributed by atoms with van der Waals surface area (Å²) in [6.07, 6.45) is 6.54. The zero-order valence-corrected chi connectivity index (χ0v) is 19.8. The van der Waals surface area contributed by atoms with E-state index in [1.165, 1.54) is 19.4 Å². The molecule has 1 aliphatic heterocycles. The van der Waals surface area contributed by atoms with Gasteiger partial charge in [-0.3, -0.25) is 9.69 Å². The Hall–Kier alpha value is -2.99. The van der Waals surface area contributed by atoms with Gasteiger partial charge in [0.15, 0.2) is 0 Å². The number of nitrogens with one attached hydrogen (secondary N) is 2. The fraction of sp³-hybridized carbons (Fsp3) is 0.444. The number of amides is 1. The molecule has 33 heavy (non-hydrogen) atoms. The Balaban J connectivity index is 1.33. The van der Waals surface area contributed by atoms with Crippen molar-refractivity contribution in [2.45, 2.75) is 64.6 Å². The lowest BCUT2D eigenvalue weighted by Crippen LogP contribution is -2.39. The number of nitrogens with zero attached hydrogens (tertiary/aromatic N) is 3. The van der Waals surface area contributed by atoms with E-state index >= 15 is 0 Å². The van der Waals surface area contributed by atoms with Crippen molar-refractivity contribution in [3.63, 3.8) is 0 Å². The van der Waals surface area contributed by atoms with E-state index in [9.17, 15) is 4.79 Å². The third-order valence-electron chi connectivity index (χ3n) is 6.88. The van der Waals surface area contributed by atoms with Crippen LogP contribution in [0, 0.1) is 6.92 Å². The van der Waals surface area contributed by atoms with E-state index in [1.54, 1.807) is 0 Å². The molecule has 1 atom stereocenters. The zero-order chi connectivity index (χ0) is 22.9. The van der Waals surface area contributed by atoms with Gasteiger partial charge in [-0.25, -0.2) is 9.97 Å². The van der Waals surface area contributed by atoms with Crippen LogP contribution in [0.25, 0.3) is 22.0 Å². The third kappa shape index (κ3) is 4.86. The van der Waals surface area contributed by atoms with Crippen LogP contribution in [0.2, 0.25) is 0 Å². The molecule has 5 rings (SSSR count). The van der Waals surface area contributed by atoms with Crippen LogP contribution in [-0.4, -0.2) is 52.0 Å². The van der Waals surface area contributed by atoms with Gasteiger partial charge in [-0.05, 0) is 94.0 Å². The van der Waals surface area contributed by atoms with Gasteiger partial charge in [-0.2, -0.15) is 0 Å². The number of hydrogen-bond donors (Lipinski definition) is 2. The highest BCUT2D eigenvalue weighted by Gasteiger charge is 2.26. The summed E-state index contributed by atoms with van der Waals surface area (Å²) in [6.45, 7) is 8.65. The first-order valence-electron chi connectivity index (χ1n) is 12.2. The van der Waals surface area contributed by atoms with Crippen LogP contribution in [0.15, 0.2) is 42.6 Å². The lowest BCUT2D eigenvalue weighted by atomic mass is 9.97.